The molecule has 0 fully saturated rings. The molecule has 4 aromatic rings. The maximum atomic E-state index is 13.4. The van der Waals surface area contributed by atoms with E-state index in [0.717, 1.165) is 0 Å². The van der Waals surface area contributed by atoms with E-state index in [4.69, 9.17) is 0 Å². The third-order valence-corrected chi connectivity index (χ3v) is 10.5. The average molecular weight is 1460 g/mol. The van der Waals surface area contributed by atoms with Crippen LogP contribution in [0.5, 0.6) is 0 Å². The molecule has 0 saturated heterocycles. The van der Waals surface area contributed by atoms with E-state index in [-0.39, 0.29) is 0 Å². The monoisotopic (exact) mass is 1460 g/mol. The first kappa shape index (κ1) is 80.1. The Hall–Kier alpha value is -5.96. The summed E-state index contributed by atoms with van der Waals surface area (Å²) in [5, 5.41) is 6.94. The summed E-state index contributed by atoms with van der Waals surface area (Å²) in [6.07, 6.45) is -64.9. The number of nitrogens with zero attached hydrogens (tertiary/aromatic N) is 8. The first-order valence-electron chi connectivity index (χ1n) is 18.3. The topological polar surface area (TPSA) is 129 Å². The molecule has 0 bridgehead atoms. The van der Waals surface area contributed by atoms with Crippen molar-refractivity contribution in [3.8, 4) is 0 Å². The highest BCUT2D eigenvalue weighted by Crippen LogP contribution is 2.61. The van der Waals surface area contributed by atoms with Gasteiger partial charge < -0.3 is 8.83 Å². The number of aromatic nitrogens is 8. The number of alkyl halides is 48. The molecular weight excluding hydrogens is 1460 g/mol. The lowest BCUT2D eigenvalue weighted by Crippen LogP contribution is -2.60. The number of hydrogen-bond acceptors (Lipinski definition) is 12. The van der Waals surface area contributed by atoms with E-state index >= 15 is 0 Å². The lowest BCUT2D eigenvalue weighted by atomic mass is 10.0. The van der Waals surface area contributed by atoms with Crippen molar-refractivity contribution in [3.05, 3.63) is 43.6 Å². The summed E-state index contributed by atoms with van der Waals surface area (Å²) in [7, 11) is 0. The van der Waals surface area contributed by atoms with Crippen LogP contribution in [0.3, 0.4) is 0 Å². The predicted molar refractivity (Wildman–Crippen MR) is 168 cm³/mol. The van der Waals surface area contributed by atoms with Gasteiger partial charge in [-0.15, -0.1) is 40.8 Å². The molecule has 0 atom stereocenters. The van der Waals surface area contributed by atoms with Crippen LogP contribution < -0.4 is 0 Å². The summed E-state index contributed by atoms with van der Waals surface area (Å²) in [6.45, 7) is 0. The third kappa shape index (κ3) is 14.4. The van der Waals surface area contributed by atoms with Crippen LogP contribution in [-0.2, 0) is 47.4 Å². The Labute approximate surface area is 447 Å². The summed E-state index contributed by atoms with van der Waals surface area (Å²) in [6, 6.07) is 0. The predicted octanol–water partition coefficient (Wildman–Crippen LogP) is 17.0. The van der Waals surface area contributed by atoms with Crippen molar-refractivity contribution in [2.45, 2.75) is 120 Å². The van der Waals surface area contributed by atoms with Gasteiger partial charge in [0.05, 0.1) is 0 Å². The average Bonchev–Trinajstić information content (AvgIpc) is 4.13. The molecule has 60 heteroatoms. The van der Waals surface area contributed by atoms with Crippen molar-refractivity contribution in [1.29, 1.82) is 0 Å². The van der Waals surface area contributed by atoms with Crippen molar-refractivity contribution >= 4 is 22.7 Å². The molecule has 0 saturated carbocycles. The Morgan fingerprint density at radius 1 is 0.193 bits per heavy atom. The highest BCUT2D eigenvalue weighted by molar-refractivity contribution is 7.11. The SMILES string of the molecule is FC(F)(F)C(F)(F)C(F)(F)C(F)(F)c1nnc(C(F)(F)C(F)(F)C(F)(F)C(F)(F)F)o1.FC(F)(F)C(F)(F)c1nnc(C(F)(F)C(F)(F)F)s1.FC(F)(F)C(F)(c1nnc(C(F)(C(F)(F)F)C(F)(F)F)o1)C(F)(F)F.FC(F)(F)c1nnc(C(F)(F)F)s1. The van der Waals surface area contributed by atoms with Gasteiger partial charge in [0, 0.05) is 0 Å². The molecule has 88 heavy (non-hydrogen) atoms. The second-order valence-electron chi connectivity index (χ2n) is 14.5. The molecule has 0 aliphatic heterocycles. The molecule has 0 aliphatic rings. The Kier molecular flexibility index (Phi) is 21.0. The van der Waals surface area contributed by atoms with Crippen molar-refractivity contribution in [3.63, 3.8) is 0 Å². The molecule has 4 rings (SSSR count). The van der Waals surface area contributed by atoms with Crippen molar-refractivity contribution < 1.29 is 220 Å². The van der Waals surface area contributed by atoms with E-state index in [9.17, 15) is 211 Å². The first-order chi connectivity index (χ1) is 37.8. The Morgan fingerprint density at radius 2 is 0.386 bits per heavy atom. The highest BCUT2D eigenvalue weighted by atomic mass is 32.1. The van der Waals surface area contributed by atoms with Gasteiger partial charge in [0.1, 0.15) is 0 Å². The van der Waals surface area contributed by atoms with Gasteiger partial charge >= 0.3 is 120 Å². The number of hydrogen-bond donors (Lipinski definition) is 0. The molecule has 4 heterocycles. The lowest BCUT2D eigenvalue weighted by Gasteiger charge is -2.32. The molecule has 0 spiro atoms. The van der Waals surface area contributed by atoms with E-state index in [0.29, 0.717) is 0 Å². The Bertz CT molecular complexity index is 2730. The second kappa shape index (κ2) is 23.1. The van der Waals surface area contributed by atoms with Crippen molar-refractivity contribution in [2.75, 3.05) is 0 Å². The molecule has 0 N–H and O–H groups in total. The van der Waals surface area contributed by atoms with E-state index < -0.39 is 187 Å². The summed E-state index contributed by atoms with van der Waals surface area (Å²) < 4.78 is 600. The van der Waals surface area contributed by atoms with Crippen LogP contribution in [0.15, 0.2) is 8.83 Å². The van der Waals surface area contributed by atoms with Crippen LogP contribution in [-0.4, -0.2) is 114 Å². The van der Waals surface area contributed by atoms with Gasteiger partial charge in [0.15, 0.2) is 10.0 Å². The normalized spacial score (nSPS) is 15.3. The van der Waals surface area contributed by atoms with Gasteiger partial charge in [-0.25, -0.2) is 8.78 Å². The molecule has 0 amide bonds. The van der Waals surface area contributed by atoms with Crippen LogP contribution in [0.1, 0.15) is 43.6 Å². The quantitative estimate of drug-likeness (QED) is 0.142. The van der Waals surface area contributed by atoms with Gasteiger partial charge in [-0.1, -0.05) is 22.7 Å². The molecule has 512 valence electrons. The largest absolute Gasteiger partial charge is 0.460 e. The van der Waals surface area contributed by atoms with Gasteiger partial charge in [-0.05, 0) is 0 Å². The van der Waals surface area contributed by atoms with E-state index in [1.807, 2.05) is 0 Å². The smallest absolute Gasteiger partial charge is 0.417 e. The minimum atomic E-state index is -7.64. The van der Waals surface area contributed by atoms with Crippen LogP contribution in [0.25, 0.3) is 0 Å². The highest BCUT2D eigenvalue weighted by Gasteiger charge is 2.86. The second-order valence-corrected chi connectivity index (χ2v) is 16.5. The lowest BCUT2D eigenvalue weighted by molar-refractivity contribution is -0.405. The van der Waals surface area contributed by atoms with E-state index in [1.54, 1.807) is 10.2 Å². The van der Waals surface area contributed by atoms with Crippen LogP contribution >= 0.6 is 22.7 Å². The van der Waals surface area contributed by atoms with Crippen molar-refractivity contribution in [1.82, 2.24) is 40.8 Å². The molecule has 4 aromatic heterocycles. The zero-order valence-electron chi connectivity index (χ0n) is 37.4. The number of halogens is 48. The summed E-state index contributed by atoms with van der Waals surface area (Å²) in [4.78, 5) is 0. The van der Waals surface area contributed by atoms with Crippen molar-refractivity contribution in [2.24, 2.45) is 0 Å². The summed E-state index contributed by atoms with van der Waals surface area (Å²) >= 11 is -1.69. The standard InChI is InChI=1S/C10F18N2O.C8F14N2O.C6F10N2S.C4F6N2S/c11-3(12,5(15,16)7(19,20)9(23,24)25)1-29-30-2(31-1)4(13,14)6(17,18)8(21,22)10(26,27)28;9-3(5(11,12)13,6(14,15)16)1-23-24-2(25-1)4(10,7(17,18)19)8(20,21)22;7-3(8,5(11,12)13)1-17-18-2(19-1)4(9,10)6(14,15)16;5-3(6,7)1-11-12-2(13-1)4(8,9)10. The molecule has 0 unspecified atom stereocenters. The first-order valence-corrected chi connectivity index (χ1v) is 19.9. The molecule has 10 nitrogen and oxygen atoms in total. The fraction of sp³-hybridized carbons (Fsp3) is 0.714. The maximum Gasteiger partial charge on any atom is 0.460 e. The van der Waals surface area contributed by atoms with Gasteiger partial charge in [0.25, 0.3) is 23.6 Å². The van der Waals surface area contributed by atoms with Gasteiger partial charge in [-0.3, -0.25) is 0 Å². The fourth-order valence-electron chi connectivity index (χ4n) is 3.98. The Morgan fingerprint density at radius 3 is 0.568 bits per heavy atom. The van der Waals surface area contributed by atoms with Crippen LogP contribution in [0.2, 0.25) is 0 Å². The van der Waals surface area contributed by atoms with Gasteiger partial charge in [-0.2, -0.15) is 202 Å². The van der Waals surface area contributed by atoms with Gasteiger partial charge in [0.2, 0.25) is 10.0 Å². The molecular formula is C28F48N8O2S2. The molecule has 0 aromatic carbocycles. The van der Waals surface area contributed by atoms with E-state index in [2.05, 4.69) is 29.2 Å². The zero-order chi connectivity index (χ0) is 71.1. The summed E-state index contributed by atoms with van der Waals surface area (Å²) in [5.41, 5.74) is -13.3. The maximum absolute atomic E-state index is 13.4. The molecule has 0 aliphatic carbocycles. The molecule has 0 radical (unpaired) electrons. The minimum absolute atomic E-state index is 0.525. The number of rotatable bonds is 10. The minimum Gasteiger partial charge on any atom is -0.417 e. The van der Waals surface area contributed by atoms with Crippen LogP contribution in [0.4, 0.5) is 211 Å². The van der Waals surface area contributed by atoms with Crippen LogP contribution in [0, 0.1) is 0 Å². The summed E-state index contributed by atoms with van der Waals surface area (Å²) in [5.74, 6) is -70.2. The zero-order valence-corrected chi connectivity index (χ0v) is 39.0. The van der Waals surface area contributed by atoms with E-state index in [1.165, 1.54) is 10.2 Å². The Balaban J connectivity index is 0.000000611. The third-order valence-electron chi connectivity index (χ3n) is 8.41. The fourth-order valence-corrected chi connectivity index (χ4v) is 5.39.